The molecular formula is C12H15BrFNO. The summed E-state index contributed by atoms with van der Waals surface area (Å²) in [5.74, 6) is 0.507. The Morgan fingerprint density at radius 3 is 2.75 bits per heavy atom. The van der Waals surface area contributed by atoms with Crippen LogP contribution in [0.25, 0.3) is 0 Å². The summed E-state index contributed by atoms with van der Waals surface area (Å²) >= 11 is 3.34. The van der Waals surface area contributed by atoms with Gasteiger partial charge in [-0.05, 0) is 65.9 Å². The van der Waals surface area contributed by atoms with Gasteiger partial charge in [0, 0.05) is 0 Å². The third-order valence-corrected chi connectivity index (χ3v) is 3.42. The van der Waals surface area contributed by atoms with Gasteiger partial charge in [0.15, 0.2) is 0 Å². The van der Waals surface area contributed by atoms with E-state index in [1.54, 1.807) is 0 Å². The van der Waals surface area contributed by atoms with E-state index in [9.17, 15) is 4.39 Å². The summed E-state index contributed by atoms with van der Waals surface area (Å²) in [6.07, 6.45) is 4.32. The Labute approximate surface area is 103 Å². The number of nitrogens with two attached hydrogens (primary N) is 1. The lowest BCUT2D eigenvalue weighted by atomic mass is 9.96. The van der Waals surface area contributed by atoms with Crippen molar-refractivity contribution >= 4 is 15.9 Å². The van der Waals surface area contributed by atoms with Crippen molar-refractivity contribution in [3.63, 3.8) is 0 Å². The Balaban J connectivity index is 2.24. The first-order chi connectivity index (χ1) is 7.70. The molecule has 0 radical (unpaired) electrons. The molecule has 1 aromatic rings. The minimum Gasteiger partial charge on any atom is -0.489 e. The number of hydrogen-bond acceptors (Lipinski definition) is 2. The van der Waals surface area contributed by atoms with Crippen LogP contribution in [0.1, 0.15) is 24.8 Å². The molecule has 0 unspecified atom stereocenters. The van der Waals surface area contributed by atoms with Crippen LogP contribution < -0.4 is 10.5 Å². The molecule has 2 rings (SSSR count). The van der Waals surface area contributed by atoms with Gasteiger partial charge in [-0.1, -0.05) is 0 Å². The second-order valence-corrected chi connectivity index (χ2v) is 4.94. The lowest BCUT2D eigenvalue weighted by Crippen LogP contribution is -2.25. The van der Waals surface area contributed by atoms with Crippen molar-refractivity contribution in [1.29, 1.82) is 0 Å². The smallest absolute Gasteiger partial charge is 0.137 e. The van der Waals surface area contributed by atoms with Crippen molar-refractivity contribution in [3.05, 3.63) is 28.0 Å². The summed E-state index contributed by atoms with van der Waals surface area (Å²) < 4.78 is 19.8. The van der Waals surface area contributed by atoms with Crippen molar-refractivity contribution in [2.45, 2.75) is 31.8 Å². The molecular weight excluding hydrogens is 273 g/mol. The molecule has 0 saturated heterocycles. The van der Waals surface area contributed by atoms with Crippen LogP contribution in [0.5, 0.6) is 5.75 Å². The van der Waals surface area contributed by atoms with Gasteiger partial charge in [0.1, 0.15) is 11.6 Å². The summed E-state index contributed by atoms with van der Waals surface area (Å²) in [4.78, 5) is 0. The normalized spacial score (nSPS) is 15.9. The molecule has 0 heterocycles. The third kappa shape index (κ3) is 2.55. The highest BCUT2D eigenvalue weighted by Gasteiger charge is 2.22. The maximum Gasteiger partial charge on any atom is 0.137 e. The molecule has 0 amide bonds. The van der Waals surface area contributed by atoms with Gasteiger partial charge < -0.3 is 10.5 Å². The SMILES string of the molecule is NCCc1cc(F)cc(Br)c1OC1CCC1. The number of hydrogen-bond donors (Lipinski definition) is 1. The van der Waals surface area contributed by atoms with Gasteiger partial charge >= 0.3 is 0 Å². The quantitative estimate of drug-likeness (QED) is 0.924. The molecule has 0 aliphatic heterocycles. The van der Waals surface area contributed by atoms with E-state index in [4.69, 9.17) is 10.5 Å². The van der Waals surface area contributed by atoms with Crippen LogP contribution in [-0.4, -0.2) is 12.6 Å². The minimum absolute atomic E-state index is 0.253. The fourth-order valence-electron chi connectivity index (χ4n) is 1.74. The Hall–Kier alpha value is -0.610. The first-order valence-corrected chi connectivity index (χ1v) is 6.34. The van der Waals surface area contributed by atoms with E-state index in [0.29, 0.717) is 23.5 Å². The minimum atomic E-state index is -0.253. The number of halogens is 2. The van der Waals surface area contributed by atoms with Gasteiger partial charge in [0.25, 0.3) is 0 Å². The van der Waals surface area contributed by atoms with Crippen molar-refractivity contribution in [2.24, 2.45) is 5.73 Å². The predicted molar refractivity (Wildman–Crippen MR) is 65.1 cm³/mol. The highest BCUT2D eigenvalue weighted by molar-refractivity contribution is 9.10. The number of rotatable bonds is 4. The number of benzene rings is 1. The summed E-state index contributed by atoms with van der Waals surface area (Å²) in [6, 6.07) is 2.94. The average Bonchev–Trinajstić information content (AvgIpc) is 2.14. The zero-order valence-electron chi connectivity index (χ0n) is 9.01. The van der Waals surface area contributed by atoms with Gasteiger partial charge in [-0.3, -0.25) is 0 Å². The van der Waals surface area contributed by atoms with Crippen molar-refractivity contribution < 1.29 is 9.13 Å². The Kier molecular flexibility index (Phi) is 3.82. The third-order valence-electron chi connectivity index (χ3n) is 2.84. The monoisotopic (exact) mass is 287 g/mol. The van der Waals surface area contributed by atoms with Gasteiger partial charge in [-0.2, -0.15) is 0 Å². The van der Waals surface area contributed by atoms with E-state index in [-0.39, 0.29) is 5.82 Å². The van der Waals surface area contributed by atoms with Crippen molar-refractivity contribution in [1.82, 2.24) is 0 Å². The maximum absolute atomic E-state index is 13.2. The van der Waals surface area contributed by atoms with Crippen LogP contribution in [0.4, 0.5) is 4.39 Å². The van der Waals surface area contributed by atoms with Crippen LogP contribution in [0.3, 0.4) is 0 Å². The van der Waals surface area contributed by atoms with Crippen molar-refractivity contribution in [2.75, 3.05) is 6.54 Å². The molecule has 1 aromatic carbocycles. The first-order valence-electron chi connectivity index (χ1n) is 5.55. The zero-order chi connectivity index (χ0) is 11.5. The standard InChI is InChI=1S/C12H15BrFNO/c13-11-7-9(14)6-8(4-5-15)12(11)16-10-2-1-3-10/h6-7,10H,1-5,15H2. The van der Waals surface area contributed by atoms with E-state index in [1.165, 1.54) is 18.6 Å². The molecule has 2 nitrogen and oxygen atoms in total. The van der Waals surface area contributed by atoms with Crippen LogP contribution >= 0.6 is 15.9 Å². The predicted octanol–water partition coefficient (Wildman–Crippen LogP) is 3.02. The van der Waals surface area contributed by atoms with E-state index in [2.05, 4.69) is 15.9 Å². The molecule has 2 N–H and O–H groups in total. The number of ether oxygens (including phenoxy) is 1. The molecule has 88 valence electrons. The van der Waals surface area contributed by atoms with Gasteiger partial charge in [-0.15, -0.1) is 0 Å². The fourth-order valence-corrected chi connectivity index (χ4v) is 2.31. The van der Waals surface area contributed by atoms with E-state index in [1.807, 2.05) is 0 Å². The summed E-state index contributed by atoms with van der Waals surface area (Å²) in [7, 11) is 0. The molecule has 1 saturated carbocycles. The Morgan fingerprint density at radius 1 is 1.44 bits per heavy atom. The summed E-state index contributed by atoms with van der Waals surface area (Å²) in [6.45, 7) is 0.497. The van der Waals surface area contributed by atoms with Crippen LogP contribution in [-0.2, 0) is 6.42 Å². The molecule has 4 heteroatoms. The van der Waals surface area contributed by atoms with Crippen LogP contribution in [0.2, 0.25) is 0 Å². The molecule has 0 aromatic heterocycles. The van der Waals surface area contributed by atoms with Gasteiger partial charge in [0.05, 0.1) is 10.6 Å². The Morgan fingerprint density at radius 2 is 2.19 bits per heavy atom. The Bertz CT molecular complexity index is 380. The van der Waals surface area contributed by atoms with Crippen LogP contribution in [0.15, 0.2) is 16.6 Å². The fraction of sp³-hybridized carbons (Fsp3) is 0.500. The zero-order valence-corrected chi connectivity index (χ0v) is 10.6. The molecule has 1 aliphatic rings. The second kappa shape index (κ2) is 5.15. The van der Waals surface area contributed by atoms with E-state index < -0.39 is 0 Å². The second-order valence-electron chi connectivity index (χ2n) is 4.09. The molecule has 16 heavy (non-hydrogen) atoms. The highest BCUT2D eigenvalue weighted by Crippen LogP contribution is 2.34. The van der Waals surface area contributed by atoms with Gasteiger partial charge in [0.2, 0.25) is 0 Å². The molecule has 1 fully saturated rings. The lowest BCUT2D eigenvalue weighted by molar-refractivity contribution is 0.118. The molecule has 0 atom stereocenters. The summed E-state index contributed by atoms with van der Waals surface area (Å²) in [5, 5.41) is 0. The highest BCUT2D eigenvalue weighted by atomic mass is 79.9. The summed E-state index contributed by atoms with van der Waals surface area (Å²) in [5.41, 5.74) is 6.36. The maximum atomic E-state index is 13.2. The molecule has 0 bridgehead atoms. The topological polar surface area (TPSA) is 35.2 Å². The molecule has 1 aliphatic carbocycles. The largest absolute Gasteiger partial charge is 0.489 e. The van der Waals surface area contributed by atoms with Crippen LogP contribution in [0, 0.1) is 5.82 Å². The first kappa shape index (κ1) is 11.9. The lowest BCUT2D eigenvalue weighted by Gasteiger charge is -2.28. The molecule has 0 spiro atoms. The average molecular weight is 288 g/mol. The van der Waals surface area contributed by atoms with E-state index in [0.717, 1.165) is 24.2 Å². The van der Waals surface area contributed by atoms with E-state index >= 15 is 0 Å². The van der Waals surface area contributed by atoms with Crippen molar-refractivity contribution in [3.8, 4) is 5.75 Å². The van der Waals surface area contributed by atoms with Gasteiger partial charge in [-0.25, -0.2) is 4.39 Å².